The van der Waals surface area contributed by atoms with Crippen LogP contribution in [0.1, 0.15) is 45.2 Å². The van der Waals surface area contributed by atoms with Crippen molar-refractivity contribution >= 4 is 22.4 Å². The molecule has 0 saturated carbocycles. The van der Waals surface area contributed by atoms with Gasteiger partial charge in [-0.25, -0.2) is 4.68 Å². The number of hydrogen-bond acceptors (Lipinski definition) is 6. The maximum atomic E-state index is 5.94. The van der Waals surface area contributed by atoms with E-state index in [-0.39, 0.29) is 92.0 Å². The van der Waals surface area contributed by atoms with Crippen molar-refractivity contribution in [1.82, 2.24) is 30.0 Å². The number of nitrogens with zero attached hydrogens (tertiary/aromatic N) is 8. The standard InChI is InChI=1S/2C21H16N3.C21H15NO.C21H15NS.4Ir/c1-16-21(22-23-24(16)20-10-6-3-7-11-20)19-14-12-18(13-15-19)17-8-4-2-5-9-17;1-16-21(23-24(22-16)20-10-6-3-7-11-20)19-14-12-18(13-15-19)17-8-4-2-5-9-17;2*1-3-7-16(8-4-1)17-11-13-18(14-12-17)20-15-22-21(23-20)19-9-5-2-6-10-19;;;;/h2*2-10,12-15H,1H3;2*1-9,11-15,21H;;;;/q2*-1;2*-2;;;;. The topological polar surface area (TPSA) is 98.9 Å². The molecule has 0 saturated heterocycles. The molecule has 9 nitrogen and oxygen atoms in total. The molecular weight excluding hydrogens is 1940 g/mol. The Labute approximate surface area is 632 Å². The largest absolute Gasteiger partial charge is 0.676 e. The molecular formula is C84H62Ir4N8OS-6. The zero-order valence-corrected chi connectivity index (χ0v) is 63.5. The van der Waals surface area contributed by atoms with Gasteiger partial charge in [-0.3, -0.25) is 0 Å². The molecule has 0 N–H and O–H groups in total. The molecule has 0 amide bonds. The van der Waals surface area contributed by atoms with Crippen LogP contribution in [0.2, 0.25) is 0 Å². The summed E-state index contributed by atoms with van der Waals surface area (Å²) >= 11 is 1.78. The number of rotatable bonds is 12. The van der Waals surface area contributed by atoms with Crippen molar-refractivity contribution in [3.8, 4) is 78.4 Å². The van der Waals surface area contributed by atoms with E-state index in [1.807, 2.05) is 152 Å². The summed E-state index contributed by atoms with van der Waals surface area (Å²) in [6.45, 7) is 4.01. The van der Waals surface area contributed by atoms with Crippen LogP contribution >= 0.6 is 11.8 Å². The van der Waals surface area contributed by atoms with Crippen LogP contribution in [-0.2, 0) is 85.2 Å². The van der Waals surface area contributed by atoms with Gasteiger partial charge in [0.15, 0.2) is 0 Å². The summed E-state index contributed by atoms with van der Waals surface area (Å²) in [4.78, 5) is 2.85. The monoisotopic (exact) mass is 2000 g/mol. The molecule has 0 fully saturated rings. The Morgan fingerprint density at radius 2 is 0.745 bits per heavy atom. The third kappa shape index (κ3) is 18.5. The minimum absolute atomic E-state index is 0. The Balaban J connectivity index is 0.000000151. The van der Waals surface area contributed by atoms with E-state index in [1.165, 1.54) is 55.0 Å². The van der Waals surface area contributed by atoms with Gasteiger partial charge in [-0.15, -0.1) is 40.8 Å². The normalized spacial score (nSPS) is 13.0. The molecule has 2 aliphatic heterocycles. The van der Waals surface area contributed by atoms with Gasteiger partial charge in [-0.05, 0) is 80.2 Å². The van der Waals surface area contributed by atoms with Crippen molar-refractivity contribution in [2.24, 2.45) is 0 Å². The van der Waals surface area contributed by atoms with Crippen LogP contribution in [0.15, 0.2) is 328 Å². The van der Waals surface area contributed by atoms with Crippen molar-refractivity contribution < 1.29 is 85.2 Å². The molecule has 0 spiro atoms. The maximum absolute atomic E-state index is 5.94. The van der Waals surface area contributed by atoms with Gasteiger partial charge in [0.25, 0.3) is 0 Å². The molecule has 4 heterocycles. The molecule has 14 aromatic rings. The van der Waals surface area contributed by atoms with Crippen molar-refractivity contribution in [3.63, 3.8) is 0 Å². The van der Waals surface area contributed by atoms with Gasteiger partial charge in [-0.1, -0.05) is 229 Å². The van der Waals surface area contributed by atoms with Crippen LogP contribution in [-0.4, -0.2) is 30.0 Å². The summed E-state index contributed by atoms with van der Waals surface area (Å²) in [6, 6.07) is 119. The molecule has 2 unspecified atom stereocenters. The summed E-state index contributed by atoms with van der Waals surface area (Å²) in [6.07, 6.45) is 3.48. The van der Waals surface area contributed by atoms with Gasteiger partial charge >= 0.3 is 0 Å². The second kappa shape index (κ2) is 36.4. The van der Waals surface area contributed by atoms with E-state index >= 15 is 0 Å². The molecule has 2 aliphatic rings. The van der Waals surface area contributed by atoms with Crippen LogP contribution in [0.3, 0.4) is 0 Å². The zero-order valence-electron chi connectivity index (χ0n) is 53.1. The molecule has 16 rings (SSSR count). The van der Waals surface area contributed by atoms with E-state index in [0.29, 0.717) is 0 Å². The Morgan fingerprint density at radius 3 is 1.19 bits per heavy atom. The molecule has 4 radical (unpaired) electrons. The Kier molecular flexibility index (Phi) is 27.1. The fourth-order valence-corrected chi connectivity index (χ4v) is 11.8. The van der Waals surface area contributed by atoms with Gasteiger partial charge < -0.3 is 15.4 Å². The van der Waals surface area contributed by atoms with Crippen LogP contribution in [0, 0.1) is 38.1 Å². The van der Waals surface area contributed by atoms with E-state index in [9.17, 15) is 0 Å². The molecule has 2 atom stereocenters. The SMILES string of the molecule is Cc1c(-c2ccc(-c3ccccc3)cc2)nnn1-c1[c-]cccc1.Cc1nn(-c2[c-]cccc2)nc1-c1ccc(-c2ccccc2)cc1.[Ir].[Ir].[Ir].[Ir].[c-]1ccccc1C1[N-]C=C(c2ccc(-c3ccccc3)cc2)O1.[c-]1ccccc1C1[N-]C=C(c2ccc(-c3ccccc3)cc2)S1. The number of aromatic nitrogens is 6. The fourth-order valence-electron chi connectivity index (χ4n) is 10.7. The Morgan fingerprint density at radius 1 is 0.357 bits per heavy atom. The Hall–Kier alpha value is -9.25. The molecule has 2 aromatic heterocycles. The van der Waals surface area contributed by atoms with Crippen LogP contribution in [0.25, 0.3) is 99.7 Å². The first kappa shape index (κ1) is 73.0. The third-order valence-electron chi connectivity index (χ3n) is 15.7. The number of aryl methyl sites for hydroxylation is 1. The molecule has 12 aromatic carbocycles. The van der Waals surface area contributed by atoms with E-state index < -0.39 is 0 Å². The van der Waals surface area contributed by atoms with Crippen LogP contribution in [0.5, 0.6) is 0 Å². The predicted molar refractivity (Wildman–Crippen MR) is 383 cm³/mol. The van der Waals surface area contributed by atoms with E-state index in [2.05, 4.69) is 243 Å². The van der Waals surface area contributed by atoms with Crippen molar-refractivity contribution in [2.75, 3.05) is 0 Å². The quantitative estimate of drug-likeness (QED) is 0.113. The summed E-state index contributed by atoms with van der Waals surface area (Å²) in [5, 5.41) is 26.9. The van der Waals surface area contributed by atoms with Crippen LogP contribution in [0.4, 0.5) is 0 Å². The number of hydrogen-bond donors (Lipinski definition) is 0. The summed E-state index contributed by atoms with van der Waals surface area (Å²) in [5.41, 5.74) is 21.6. The van der Waals surface area contributed by atoms with E-state index in [1.54, 1.807) is 22.8 Å². The van der Waals surface area contributed by atoms with Crippen molar-refractivity contribution in [3.05, 3.63) is 396 Å². The first-order chi connectivity index (χ1) is 46.4. The fraction of sp³-hybridized carbons (Fsp3) is 0.0476. The van der Waals surface area contributed by atoms with Crippen molar-refractivity contribution in [2.45, 2.75) is 25.4 Å². The molecule has 0 aliphatic carbocycles. The minimum Gasteiger partial charge on any atom is -0.676 e. The molecule has 0 bridgehead atoms. The zero-order chi connectivity index (χ0) is 63.7. The minimum atomic E-state index is -0.292. The van der Waals surface area contributed by atoms with Crippen LogP contribution < -0.4 is 0 Å². The smallest absolute Gasteiger partial charge is 0.116 e. The van der Waals surface area contributed by atoms with Gasteiger partial charge in [0.1, 0.15) is 17.1 Å². The van der Waals surface area contributed by atoms with E-state index in [4.69, 9.17) is 4.74 Å². The predicted octanol–water partition coefficient (Wildman–Crippen LogP) is 21.2. The molecule has 98 heavy (non-hydrogen) atoms. The third-order valence-corrected chi connectivity index (χ3v) is 16.9. The first-order valence-electron chi connectivity index (χ1n) is 30.9. The van der Waals surface area contributed by atoms with Gasteiger partial charge in [-0.2, -0.15) is 136 Å². The molecule has 492 valence electrons. The number of ether oxygens (including phenoxy) is 1. The second-order valence-corrected chi connectivity index (χ2v) is 23.1. The summed E-state index contributed by atoms with van der Waals surface area (Å²) in [7, 11) is 0. The first-order valence-corrected chi connectivity index (χ1v) is 31.8. The second-order valence-electron chi connectivity index (χ2n) is 22.0. The van der Waals surface area contributed by atoms with Crippen molar-refractivity contribution in [1.29, 1.82) is 0 Å². The number of para-hydroxylation sites is 2. The van der Waals surface area contributed by atoms with Gasteiger partial charge in [0.2, 0.25) is 0 Å². The molecule has 14 heteroatoms. The average molecular weight is 2000 g/mol. The number of benzene rings is 12. The van der Waals surface area contributed by atoms with Gasteiger partial charge in [0.05, 0.1) is 11.4 Å². The summed E-state index contributed by atoms with van der Waals surface area (Å²) in [5.74, 6) is 0.798. The maximum Gasteiger partial charge on any atom is 0.116 e. The number of thioether (sulfide) groups is 1. The average Bonchev–Trinajstić information content (AvgIpc) is 1.78. The Bertz CT molecular complexity index is 4530. The van der Waals surface area contributed by atoms with E-state index in [0.717, 1.165) is 67.7 Å². The van der Waals surface area contributed by atoms with Gasteiger partial charge in [0, 0.05) is 103 Å². The summed E-state index contributed by atoms with van der Waals surface area (Å²) < 4.78 is 7.76.